The van der Waals surface area contributed by atoms with Crippen molar-refractivity contribution in [1.82, 2.24) is 10.7 Å². The predicted molar refractivity (Wildman–Crippen MR) is 64.2 cm³/mol. The van der Waals surface area contributed by atoms with Crippen LogP contribution in [0.2, 0.25) is 0 Å². The number of amides is 1. The molecule has 1 aliphatic carbocycles. The molecule has 1 atom stereocenters. The second-order valence-electron chi connectivity index (χ2n) is 4.98. The molecule has 2 rings (SSSR count). The van der Waals surface area contributed by atoms with Gasteiger partial charge in [-0.1, -0.05) is 0 Å². The van der Waals surface area contributed by atoms with Gasteiger partial charge >= 0.3 is 0 Å². The minimum Gasteiger partial charge on any atom is -0.473 e. The third-order valence-electron chi connectivity index (χ3n) is 3.90. The van der Waals surface area contributed by atoms with Gasteiger partial charge < -0.3 is 10.1 Å². The smallest absolute Gasteiger partial charge is 0.236 e. The molecule has 1 unspecified atom stereocenters. The van der Waals surface area contributed by atoms with E-state index >= 15 is 0 Å². The number of rotatable bonds is 2. The molecule has 17 heavy (non-hydrogen) atoms. The first-order valence-electron chi connectivity index (χ1n) is 6.23. The van der Waals surface area contributed by atoms with Crippen LogP contribution < -0.4 is 16.6 Å². The van der Waals surface area contributed by atoms with E-state index in [2.05, 4.69) is 10.7 Å². The number of hydrogen-bond donors (Lipinski definition) is 3. The maximum atomic E-state index is 11.4. The maximum absolute atomic E-state index is 11.4. The van der Waals surface area contributed by atoms with E-state index in [1.807, 2.05) is 13.8 Å². The Morgan fingerprint density at radius 1 is 1.35 bits per heavy atom. The molecular weight excluding hydrogens is 218 g/mol. The molecule has 0 aromatic heterocycles. The van der Waals surface area contributed by atoms with Crippen LogP contribution in [0.4, 0.5) is 0 Å². The van der Waals surface area contributed by atoms with Crippen LogP contribution in [0.5, 0.6) is 0 Å². The van der Waals surface area contributed by atoms with Gasteiger partial charge in [-0.25, -0.2) is 5.84 Å². The summed E-state index contributed by atoms with van der Waals surface area (Å²) in [7, 11) is 0. The van der Waals surface area contributed by atoms with Gasteiger partial charge in [0, 0.05) is 17.5 Å². The number of nitrogens with two attached hydrogens (primary N) is 1. The molecule has 1 heterocycles. The van der Waals surface area contributed by atoms with Gasteiger partial charge in [-0.05, 0) is 39.5 Å². The summed E-state index contributed by atoms with van der Waals surface area (Å²) in [6.45, 7) is 4.01. The molecule has 5 heteroatoms. The fourth-order valence-electron chi connectivity index (χ4n) is 2.64. The first-order chi connectivity index (χ1) is 8.11. The van der Waals surface area contributed by atoms with E-state index in [9.17, 15) is 4.79 Å². The molecule has 1 amide bonds. The Balaban J connectivity index is 1.82. The Morgan fingerprint density at radius 2 is 2.00 bits per heavy atom. The molecule has 2 aliphatic rings. The van der Waals surface area contributed by atoms with E-state index in [0.717, 1.165) is 37.1 Å². The number of nitrogens with one attached hydrogen (secondary N) is 2. The fraction of sp³-hybridized carbons (Fsp3) is 0.750. The van der Waals surface area contributed by atoms with Crippen LogP contribution in [-0.4, -0.2) is 12.1 Å². The molecule has 5 nitrogen and oxygen atoms in total. The highest BCUT2D eigenvalue weighted by atomic mass is 16.5. The lowest BCUT2D eigenvalue weighted by atomic mass is 9.81. The Hall–Kier alpha value is -1.23. The molecule has 4 N–H and O–H groups in total. The van der Waals surface area contributed by atoms with Gasteiger partial charge in [-0.3, -0.25) is 10.2 Å². The summed E-state index contributed by atoms with van der Waals surface area (Å²) < 4.78 is 5.78. The number of hydrogen-bond acceptors (Lipinski definition) is 4. The lowest BCUT2D eigenvalue weighted by Crippen LogP contribution is -2.40. The average Bonchev–Trinajstić information content (AvgIpc) is 2.69. The normalized spacial score (nSPS) is 33.0. The van der Waals surface area contributed by atoms with Crippen molar-refractivity contribution in [2.24, 2.45) is 17.7 Å². The fourth-order valence-corrected chi connectivity index (χ4v) is 2.64. The highest BCUT2D eigenvalue weighted by Gasteiger charge is 2.33. The predicted octanol–water partition coefficient (Wildman–Crippen LogP) is 0.980. The third kappa shape index (κ3) is 2.54. The van der Waals surface area contributed by atoms with Gasteiger partial charge in [0.25, 0.3) is 0 Å². The Bertz CT molecular complexity index is 319. The maximum Gasteiger partial charge on any atom is 0.236 e. The number of hydrazine groups is 1. The number of carbonyl (C=O) groups is 1. The Labute approximate surface area is 102 Å². The van der Waals surface area contributed by atoms with Gasteiger partial charge in [0.2, 0.25) is 5.91 Å². The van der Waals surface area contributed by atoms with Crippen molar-refractivity contribution < 1.29 is 9.53 Å². The van der Waals surface area contributed by atoms with Gasteiger partial charge in [0.15, 0.2) is 6.23 Å². The summed E-state index contributed by atoms with van der Waals surface area (Å²) in [5.41, 5.74) is 3.36. The van der Waals surface area contributed by atoms with Gasteiger partial charge in [0.1, 0.15) is 5.76 Å². The number of allylic oxidation sites excluding steroid dienone is 2. The largest absolute Gasteiger partial charge is 0.473 e. The third-order valence-corrected chi connectivity index (χ3v) is 3.90. The molecule has 0 aromatic rings. The lowest BCUT2D eigenvalue weighted by Gasteiger charge is -2.31. The minimum absolute atomic E-state index is 0.0331. The van der Waals surface area contributed by atoms with E-state index in [0.29, 0.717) is 5.92 Å². The molecular formula is C12H21N3O2. The number of ether oxygens (including phenoxy) is 1. The van der Waals surface area contributed by atoms with Crippen molar-refractivity contribution >= 4 is 5.91 Å². The topological polar surface area (TPSA) is 76.4 Å². The molecule has 1 fully saturated rings. The monoisotopic (exact) mass is 239 g/mol. The van der Waals surface area contributed by atoms with Crippen LogP contribution >= 0.6 is 0 Å². The van der Waals surface area contributed by atoms with Gasteiger partial charge in [-0.2, -0.15) is 0 Å². The van der Waals surface area contributed by atoms with Crippen molar-refractivity contribution in [3.63, 3.8) is 0 Å². The van der Waals surface area contributed by atoms with Crippen molar-refractivity contribution in [2.45, 2.75) is 45.8 Å². The van der Waals surface area contributed by atoms with Crippen LogP contribution in [0.25, 0.3) is 0 Å². The highest BCUT2D eigenvalue weighted by molar-refractivity contribution is 5.77. The zero-order chi connectivity index (χ0) is 12.4. The van der Waals surface area contributed by atoms with Gasteiger partial charge in [0.05, 0.1) is 0 Å². The van der Waals surface area contributed by atoms with E-state index < -0.39 is 0 Å². The molecule has 1 saturated carbocycles. The lowest BCUT2D eigenvalue weighted by molar-refractivity contribution is -0.126. The van der Waals surface area contributed by atoms with E-state index in [1.54, 1.807) is 0 Å². The summed E-state index contributed by atoms with van der Waals surface area (Å²) >= 11 is 0. The Morgan fingerprint density at radius 3 is 2.47 bits per heavy atom. The zero-order valence-corrected chi connectivity index (χ0v) is 10.5. The summed E-state index contributed by atoms with van der Waals surface area (Å²) in [6.07, 6.45) is 3.91. The molecule has 96 valence electrons. The van der Waals surface area contributed by atoms with Crippen LogP contribution in [0.1, 0.15) is 39.5 Å². The van der Waals surface area contributed by atoms with Crippen LogP contribution in [0.3, 0.4) is 0 Å². The highest BCUT2D eigenvalue weighted by Crippen LogP contribution is 2.34. The molecule has 0 bridgehead atoms. The van der Waals surface area contributed by atoms with Crippen LogP contribution in [0, 0.1) is 11.8 Å². The second kappa shape index (κ2) is 4.96. The molecule has 0 aromatic carbocycles. The first-order valence-corrected chi connectivity index (χ1v) is 6.23. The van der Waals surface area contributed by atoms with Crippen molar-refractivity contribution in [3.8, 4) is 0 Å². The van der Waals surface area contributed by atoms with Gasteiger partial charge in [-0.15, -0.1) is 0 Å². The van der Waals surface area contributed by atoms with E-state index in [4.69, 9.17) is 10.6 Å². The number of carbonyl (C=O) groups excluding carboxylic acids is 1. The first kappa shape index (κ1) is 12.2. The molecule has 0 radical (unpaired) electrons. The quantitative estimate of drug-likeness (QED) is 0.381. The Kier molecular flexibility index (Phi) is 3.57. The zero-order valence-electron chi connectivity index (χ0n) is 10.5. The molecule has 0 saturated heterocycles. The van der Waals surface area contributed by atoms with Crippen molar-refractivity contribution in [1.29, 1.82) is 0 Å². The van der Waals surface area contributed by atoms with Crippen molar-refractivity contribution in [2.75, 3.05) is 0 Å². The standard InChI is InChI=1S/C12H21N3O2/c1-7-8(2)17-12(14-7)10-5-3-9(4-6-10)11(16)15-13/h9-10,12,14H,3-6,13H2,1-2H3,(H,15,16). The molecule has 1 aliphatic heterocycles. The van der Waals surface area contributed by atoms with Crippen LogP contribution in [-0.2, 0) is 9.53 Å². The summed E-state index contributed by atoms with van der Waals surface area (Å²) in [6, 6.07) is 0. The minimum atomic E-state index is -0.0331. The average molecular weight is 239 g/mol. The summed E-state index contributed by atoms with van der Waals surface area (Å²) in [5, 5.41) is 3.36. The SMILES string of the molecule is CC1=C(C)OC(C2CCC(C(=O)NN)CC2)N1. The van der Waals surface area contributed by atoms with E-state index in [-0.39, 0.29) is 18.1 Å². The molecule has 0 spiro atoms. The summed E-state index contributed by atoms with van der Waals surface area (Å²) in [5.74, 6) is 6.67. The second-order valence-corrected chi connectivity index (χ2v) is 4.98. The van der Waals surface area contributed by atoms with Crippen LogP contribution in [0.15, 0.2) is 11.5 Å². The van der Waals surface area contributed by atoms with Crippen molar-refractivity contribution in [3.05, 3.63) is 11.5 Å². The van der Waals surface area contributed by atoms with E-state index in [1.165, 1.54) is 0 Å². The summed E-state index contributed by atoms with van der Waals surface area (Å²) in [4.78, 5) is 11.4.